The van der Waals surface area contributed by atoms with Crippen molar-refractivity contribution in [2.75, 3.05) is 7.11 Å². The Hall–Kier alpha value is -6.84. The molecule has 6 aromatic rings. The highest BCUT2D eigenvalue weighted by Crippen LogP contribution is 2.42. The molecule has 6 rings (SSSR count). The molecule has 0 aliphatic heterocycles. The normalized spacial score (nSPS) is 11.6. The average molecular weight is 981 g/mol. The lowest BCUT2D eigenvalue weighted by atomic mass is 9.70. The van der Waals surface area contributed by atoms with E-state index in [1.807, 2.05) is 46.0 Å². The SMILES string of the molecule is CCC(O)(C#Cc1ccc(C(CC)(CC)c2ccc(-c3cncc(CC(=O)O)c3)cc2)cc1C)CC.CCC(O)(C#Cc1ccc(C(CC)(CC)c2ccc(-c3cncc(CC(=O)OC)c3)cc2)cc1C)CC. The number of methoxy groups -OCH3 is 1. The van der Waals surface area contributed by atoms with Gasteiger partial charge >= 0.3 is 11.9 Å². The number of carbonyl (C=O) groups is 2. The van der Waals surface area contributed by atoms with Gasteiger partial charge in [0.15, 0.2) is 0 Å². The molecular formula is C65H76N2O6. The molecule has 3 N–H and O–H groups in total. The first kappa shape index (κ1) is 57.1. The molecule has 0 saturated heterocycles. The van der Waals surface area contributed by atoms with E-state index in [1.165, 1.54) is 29.4 Å². The third-order valence-electron chi connectivity index (χ3n) is 15.2. The van der Waals surface area contributed by atoms with Crippen molar-refractivity contribution in [3.05, 3.63) is 177 Å². The van der Waals surface area contributed by atoms with Gasteiger partial charge < -0.3 is 20.1 Å². The smallest absolute Gasteiger partial charge is 0.310 e. The average Bonchev–Trinajstić information content (AvgIpc) is 3.41. The molecular weight excluding hydrogens is 905 g/mol. The van der Waals surface area contributed by atoms with Crippen LogP contribution in [0, 0.1) is 37.5 Å². The van der Waals surface area contributed by atoms with Crippen molar-refractivity contribution in [1.82, 2.24) is 9.97 Å². The number of aromatic nitrogens is 2. The van der Waals surface area contributed by atoms with Crippen molar-refractivity contribution in [2.24, 2.45) is 0 Å². The minimum atomic E-state index is -0.938. The fourth-order valence-electron chi connectivity index (χ4n) is 9.75. The van der Waals surface area contributed by atoms with E-state index < -0.39 is 17.2 Å². The van der Waals surface area contributed by atoms with Crippen molar-refractivity contribution >= 4 is 11.9 Å². The number of carboxylic acid groups (broad SMARTS) is 1. The quantitative estimate of drug-likeness (QED) is 0.0573. The molecule has 382 valence electrons. The summed E-state index contributed by atoms with van der Waals surface area (Å²) in [6.07, 6.45) is 13.4. The van der Waals surface area contributed by atoms with E-state index in [4.69, 9.17) is 9.84 Å². The highest BCUT2D eigenvalue weighted by Gasteiger charge is 2.32. The Kier molecular flexibility index (Phi) is 20.1. The number of aliphatic hydroxyl groups is 2. The number of hydrogen-bond donors (Lipinski definition) is 3. The van der Waals surface area contributed by atoms with E-state index in [0.29, 0.717) is 31.2 Å². The lowest BCUT2D eigenvalue weighted by Gasteiger charge is -2.34. The van der Waals surface area contributed by atoms with Crippen molar-refractivity contribution in [3.63, 3.8) is 0 Å². The van der Waals surface area contributed by atoms with Gasteiger partial charge in [0, 0.05) is 57.9 Å². The fourth-order valence-corrected chi connectivity index (χ4v) is 9.75. The summed E-state index contributed by atoms with van der Waals surface area (Å²) in [5.74, 6) is 11.5. The molecule has 0 amide bonds. The second-order valence-electron chi connectivity index (χ2n) is 19.3. The Morgan fingerprint density at radius 1 is 0.479 bits per heavy atom. The third kappa shape index (κ3) is 13.8. The number of nitrogens with zero attached hydrogens (tertiary/aromatic N) is 2. The highest BCUT2D eigenvalue weighted by atomic mass is 16.5. The van der Waals surface area contributed by atoms with Gasteiger partial charge in [-0.2, -0.15) is 0 Å². The predicted octanol–water partition coefficient (Wildman–Crippen LogP) is 13.5. The van der Waals surface area contributed by atoms with Gasteiger partial charge in [0.1, 0.15) is 11.2 Å². The number of aliphatic carboxylic acids is 1. The highest BCUT2D eigenvalue weighted by molar-refractivity contribution is 5.74. The maximum absolute atomic E-state index is 11.7. The predicted molar refractivity (Wildman–Crippen MR) is 296 cm³/mol. The van der Waals surface area contributed by atoms with Crippen LogP contribution in [0.1, 0.15) is 162 Å². The van der Waals surface area contributed by atoms with Crippen LogP contribution in [-0.4, -0.2) is 55.5 Å². The first-order valence-electron chi connectivity index (χ1n) is 26.1. The standard InChI is InChI=1S/C33H39NO3.C32H37NO3/c1-7-32(36,8-2)18-17-26-11-16-30(19-24(26)5)33(9-3,10-4)29-14-12-27(13-15-29)28-20-25(22-34-23-28)21-31(35)37-6;1-6-31(36,7-2)17-16-25-10-15-29(18-23(25)5)32(8-3,9-4)28-13-11-26(12-14-28)27-19-24(20-30(34)35)21-33-22-27/h11-16,19-20,22-23,36H,7-10,21H2,1-6H3;10-15,18-19,21-22,36H,6-9,20H2,1-5H3,(H,34,35). The van der Waals surface area contributed by atoms with Crippen LogP contribution in [0.3, 0.4) is 0 Å². The molecule has 8 heteroatoms. The summed E-state index contributed by atoms with van der Waals surface area (Å²) in [5.41, 5.74) is 12.6. The molecule has 2 heterocycles. The fraction of sp³-hybridized carbons (Fsp3) is 0.385. The number of pyridine rings is 2. The second kappa shape index (κ2) is 25.7. The molecule has 73 heavy (non-hydrogen) atoms. The van der Waals surface area contributed by atoms with Gasteiger partial charge in [0.05, 0.1) is 20.0 Å². The lowest BCUT2D eigenvalue weighted by molar-refractivity contribution is -0.140. The van der Waals surface area contributed by atoms with Gasteiger partial charge in [0.25, 0.3) is 0 Å². The zero-order chi connectivity index (χ0) is 53.4. The maximum Gasteiger partial charge on any atom is 0.310 e. The monoisotopic (exact) mass is 981 g/mol. The van der Waals surface area contributed by atoms with Gasteiger partial charge in [-0.1, -0.05) is 152 Å². The first-order valence-corrected chi connectivity index (χ1v) is 26.1. The molecule has 0 aliphatic rings. The van der Waals surface area contributed by atoms with Crippen LogP contribution in [0.25, 0.3) is 22.3 Å². The molecule has 2 aromatic heterocycles. The molecule has 0 bridgehead atoms. The van der Waals surface area contributed by atoms with E-state index in [9.17, 15) is 19.8 Å². The molecule has 0 saturated carbocycles. The van der Waals surface area contributed by atoms with Crippen molar-refractivity contribution in [2.45, 2.75) is 155 Å². The topological polar surface area (TPSA) is 130 Å². The summed E-state index contributed by atoms with van der Waals surface area (Å²) < 4.78 is 4.79. The Balaban J connectivity index is 0.000000271. The Morgan fingerprint density at radius 2 is 0.836 bits per heavy atom. The summed E-state index contributed by atoms with van der Waals surface area (Å²) in [4.78, 5) is 31.3. The summed E-state index contributed by atoms with van der Waals surface area (Å²) in [6, 6.07) is 34.2. The number of aryl methyl sites for hydroxylation is 2. The molecule has 0 fully saturated rings. The molecule has 0 atom stereocenters. The minimum Gasteiger partial charge on any atom is -0.481 e. The molecule has 0 spiro atoms. The largest absolute Gasteiger partial charge is 0.481 e. The van der Waals surface area contributed by atoms with Crippen LogP contribution in [0.4, 0.5) is 0 Å². The van der Waals surface area contributed by atoms with E-state index in [0.717, 1.165) is 75.8 Å². The van der Waals surface area contributed by atoms with Gasteiger partial charge in [-0.25, -0.2) is 0 Å². The summed E-state index contributed by atoms with van der Waals surface area (Å²) >= 11 is 0. The van der Waals surface area contributed by atoms with Crippen LogP contribution >= 0.6 is 0 Å². The number of esters is 1. The Bertz CT molecular complexity index is 2930. The van der Waals surface area contributed by atoms with Gasteiger partial charge in [-0.3, -0.25) is 19.6 Å². The zero-order valence-electron chi connectivity index (χ0n) is 45.1. The number of benzene rings is 4. The van der Waals surface area contributed by atoms with Crippen LogP contribution in [0.15, 0.2) is 122 Å². The van der Waals surface area contributed by atoms with Crippen molar-refractivity contribution in [3.8, 4) is 45.9 Å². The molecule has 0 radical (unpaired) electrons. The zero-order valence-corrected chi connectivity index (χ0v) is 45.1. The van der Waals surface area contributed by atoms with Crippen LogP contribution in [0.2, 0.25) is 0 Å². The number of carboxylic acids is 1. The van der Waals surface area contributed by atoms with Gasteiger partial charge in [0.2, 0.25) is 0 Å². The number of rotatable bonds is 18. The van der Waals surface area contributed by atoms with Crippen molar-refractivity contribution in [1.29, 1.82) is 0 Å². The van der Waals surface area contributed by atoms with Crippen molar-refractivity contribution < 1.29 is 29.6 Å². The minimum absolute atomic E-state index is 0.0381. The number of hydrogen-bond acceptors (Lipinski definition) is 7. The molecule has 4 aromatic carbocycles. The molecule has 0 aliphatic carbocycles. The van der Waals surface area contributed by atoms with Gasteiger partial charge in [-0.15, -0.1) is 0 Å². The summed E-state index contributed by atoms with van der Waals surface area (Å²) in [6.45, 7) is 21.0. The Labute approximate surface area is 435 Å². The summed E-state index contributed by atoms with van der Waals surface area (Å²) in [7, 11) is 1.40. The maximum atomic E-state index is 11.7. The third-order valence-corrected chi connectivity index (χ3v) is 15.2. The van der Waals surface area contributed by atoms with E-state index in [-0.39, 0.29) is 29.6 Å². The molecule has 8 nitrogen and oxygen atoms in total. The van der Waals surface area contributed by atoms with Crippen LogP contribution in [0.5, 0.6) is 0 Å². The lowest BCUT2D eigenvalue weighted by Crippen LogP contribution is -2.26. The van der Waals surface area contributed by atoms with E-state index in [1.54, 1.807) is 18.6 Å². The number of ether oxygens (including phenoxy) is 1. The molecule has 0 unspecified atom stereocenters. The first-order chi connectivity index (χ1) is 34.9. The van der Waals surface area contributed by atoms with Gasteiger partial charge in [-0.05, 0) is 145 Å². The van der Waals surface area contributed by atoms with Crippen LogP contribution in [-0.2, 0) is 38.0 Å². The second-order valence-corrected chi connectivity index (χ2v) is 19.3. The Morgan fingerprint density at radius 3 is 1.15 bits per heavy atom. The van der Waals surface area contributed by atoms with Crippen LogP contribution < -0.4 is 0 Å². The van der Waals surface area contributed by atoms with E-state index >= 15 is 0 Å². The number of carbonyl (C=O) groups excluding carboxylic acids is 1. The summed E-state index contributed by atoms with van der Waals surface area (Å²) in [5, 5.41) is 30.2. The van der Waals surface area contributed by atoms with E-state index in [2.05, 4.69) is 160 Å².